The van der Waals surface area contributed by atoms with Gasteiger partial charge in [0.15, 0.2) is 0 Å². The predicted octanol–water partition coefficient (Wildman–Crippen LogP) is 4.30. The molecule has 0 radical (unpaired) electrons. The van der Waals surface area contributed by atoms with Gasteiger partial charge in [-0.1, -0.05) is 13.8 Å². The molecule has 1 unspecified atom stereocenters. The maximum atomic E-state index is 13.3. The van der Waals surface area contributed by atoms with Crippen molar-refractivity contribution in [3.63, 3.8) is 0 Å². The SMILES string of the molecule is CCN(CC)CCCC(C)Nc1cncc2cc(F)ccc12. The summed E-state index contributed by atoms with van der Waals surface area (Å²) >= 11 is 0. The van der Waals surface area contributed by atoms with Gasteiger partial charge in [-0.25, -0.2) is 4.39 Å². The Kier molecular flexibility index (Phi) is 6.13. The number of hydrogen-bond acceptors (Lipinski definition) is 3. The second-order valence-electron chi connectivity index (χ2n) is 5.77. The van der Waals surface area contributed by atoms with E-state index in [2.05, 4.69) is 36.0 Å². The molecule has 0 saturated carbocycles. The first-order chi connectivity index (χ1) is 10.6. The third-order valence-corrected chi connectivity index (χ3v) is 4.13. The van der Waals surface area contributed by atoms with Gasteiger partial charge in [0.1, 0.15) is 5.82 Å². The molecule has 1 N–H and O–H groups in total. The van der Waals surface area contributed by atoms with Gasteiger partial charge >= 0.3 is 0 Å². The number of nitrogens with one attached hydrogen (secondary N) is 1. The molecular weight excluding hydrogens is 277 g/mol. The number of rotatable bonds is 8. The molecule has 0 aliphatic heterocycles. The molecule has 1 heterocycles. The summed E-state index contributed by atoms with van der Waals surface area (Å²) in [7, 11) is 0. The topological polar surface area (TPSA) is 28.2 Å². The fourth-order valence-electron chi connectivity index (χ4n) is 2.76. The van der Waals surface area contributed by atoms with E-state index in [9.17, 15) is 4.39 Å². The molecule has 2 aromatic rings. The molecule has 0 saturated heterocycles. The molecule has 22 heavy (non-hydrogen) atoms. The third kappa shape index (κ3) is 4.41. The average Bonchev–Trinajstić information content (AvgIpc) is 2.51. The first-order valence-corrected chi connectivity index (χ1v) is 8.16. The van der Waals surface area contributed by atoms with E-state index in [1.54, 1.807) is 6.20 Å². The number of halogens is 1. The van der Waals surface area contributed by atoms with Crippen LogP contribution in [0.5, 0.6) is 0 Å². The minimum absolute atomic E-state index is 0.223. The molecule has 0 amide bonds. The van der Waals surface area contributed by atoms with E-state index < -0.39 is 0 Å². The molecule has 1 atom stereocenters. The van der Waals surface area contributed by atoms with Crippen molar-refractivity contribution in [1.29, 1.82) is 0 Å². The summed E-state index contributed by atoms with van der Waals surface area (Å²) < 4.78 is 13.3. The highest BCUT2D eigenvalue weighted by atomic mass is 19.1. The lowest BCUT2D eigenvalue weighted by Crippen LogP contribution is -2.25. The van der Waals surface area contributed by atoms with E-state index in [1.165, 1.54) is 18.6 Å². The molecule has 1 aromatic heterocycles. The minimum atomic E-state index is -0.223. The van der Waals surface area contributed by atoms with Crippen LogP contribution in [0.4, 0.5) is 10.1 Å². The largest absolute Gasteiger partial charge is 0.381 e. The number of aromatic nitrogens is 1. The Balaban J connectivity index is 1.95. The summed E-state index contributed by atoms with van der Waals surface area (Å²) in [6.45, 7) is 9.94. The average molecular weight is 303 g/mol. The zero-order valence-corrected chi connectivity index (χ0v) is 13.8. The first kappa shape index (κ1) is 16.7. The van der Waals surface area contributed by atoms with Gasteiger partial charge in [-0.05, 0) is 57.6 Å². The molecule has 1 aromatic carbocycles. The van der Waals surface area contributed by atoms with Crippen LogP contribution in [-0.2, 0) is 0 Å². The van der Waals surface area contributed by atoms with E-state index in [0.29, 0.717) is 6.04 Å². The Morgan fingerprint density at radius 2 is 2.00 bits per heavy atom. The Hall–Kier alpha value is -1.68. The van der Waals surface area contributed by atoms with Gasteiger partial charge < -0.3 is 10.2 Å². The molecule has 0 aliphatic carbocycles. The number of anilines is 1. The van der Waals surface area contributed by atoms with Crippen molar-refractivity contribution in [2.75, 3.05) is 25.0 Å². The Morgan fingerprint density at radius 1 is 1.23 bits per heavy atom. The van der Waals surface area contributed by atoms with Crippen molar-refractivity contribution in [3.05, 3.63) is 36.4 Å². The van der Waals surface area contributed by atoms with Gasteiger partial charge in [0.25, 0.3) is 0 Å². The highest BCUT2D eigenvalue weighted by Crippen LogP contribution is 2.23. The van der Waals surface area contributed by atoms with E-state index >= 15 is 0 Å². The van der Waals surface area contributed by atoms with Crippen LogP contribution < -0.4 is 5.32 Å². The van der Waals surface area contributed by atoms with Crippen molar-refractivity contribution in [2.45, 2.75) is 39.7 Å². The maximum Gasteiger partial charge on any atom is 0.123 e. The van der Waals surface area contributed by atoms with Crippen molar-refractivity contribution >= 4 is 16.5 Å². The van der Waals surface area contributed by atoms with Crippen LogP contribution in [0.1, 0.15) is 33.6 Å². The quantitative estimate of drug-likeness (QED) is 0.788. The van der Waals surface area contributed by atoms with Gasteiger partial charge in [0, 0.05) is 23.0 Å². The summed E-state index contributed by atoms with van der Waals surface area (Å²) in [5, 5.41) is 5.36. The highest BCUT2D eigenvalue weighted by Gasteiger charge is 2.07. The lowest BCUT2D eigenvalue weighted by atomic mass is 10.1. The summed E-state index contributed by atoms with van der Waals surface area (Å²) in [5.74, 6) is -0.223. The summed E-state index contributed by atoms with van der Waals surface area (Å²) in [4.78, 5) is 6.64. The van der Waals surface area contributed by atoms with Gasteiger partial charge in [-0.3, -0.25) is 4.98 Å². The van der Waals surface area contributed by atoms with Crippen LogP contribution in [0.2, 0.25) is 0 Å². The zero-order chi connectivity index (χ0) is 15.9. The summed E-state index contributed by atoms with van der Waals surface area (Å²) in [6, 6.07) is 5.21. The number of benzene rings is 1. The van der Waals surface area contributed by atoms with E-state index in [1.807, 2.05) is 12.3 Å². The predicted molar refractivity (Wildman–Crippen MR) is 91.8 cm³/mol. The minimum Gasteiger partial charge on any atom is -0.381 e. The molecule has 2 rings (SSSR count). The third-order valence-electron chi connectivity index (χ3n) is 4.13. The molecule has 0 fully saturated rings. The lowest BCUT2D eigenvalue weighted by Gasteiger charge is -2.20. The molecule has 4 heteroatoms. The first-order valence-electron chi connectivity index (χ1n) is 8.16. The van der Waals surface area contributed by atoms with Crippen LogP contribution in [0.3, 0.4) is 0 Å². The monoisotopic (exact) mass is 303 g/mol. The zero-order valence-electron chi connectivity index (χ0n) is 13.8. The van der Waals surface area contributed by atoms with Gasteiger partial charge in [-0.2, -0.15) is 0 Å². The Morgan fingerprint density at radius 3 is 2.73 bits per heavy atom. The van der Waals surface area contributed by atoms with Crippen LogP contribution >= 0.6 is 0 Å². The Bertz CT molecular complexity index is 596. The fourth-order valence-corrected chi connectivity index (χ4v) is 2.76. The second-order valence-corrected chi connectivity index (χ2v) is 5.77. The van der Waals surface area contributed by atoms with Crippen molar-refractivity contribution in [3.8, 4) is 0 Å². The van der Waals surface area contributed by atoms with Crippen LogP contribution in [0, 0.1) is 5.82 Å². The molecule has 120 valence electrons. The second kappa shape index (κ2) is 8.08. The number of nitrogens with zero attached hydrogens (tertiary/aromatic N) is 2. The Labute approximate surface area is 132 Å². The lowest BCUT2D eigenvalue weighted by molar-refractivity contribution is 0.295. The van der Waals surface area contributed by atoms with Crippen LogP contribution in [-0.4, -0.2) is 35.6 Å². The van der Waals surface area contributed by atoms with E-state index in [-0.39, 0.29) is 5.82 Å². The van der Waals surface area contributed by atoms with Gasteiger partial charge in [0.2, 0.25) is 0 Å². The number of pyridine rings is 1. The van der Waals surface area contributed by atoms with Crippen LogP contribution in [0.15, 0.2) is 30.6 Å². The number of fused-ring (bicyclic) bond motifs is 1. The van der Waals surface area contributed by atoms with Gasteiger partial charge in [-0.15, -0.1) is 0 Å². The fraction of sp³-hybridized carbons (Fsp3) is 0.500. The molecular formula is C18H26FN3. The summed E-state index contributed by atoms with van der Waals surface area (Å²) in [5.41, 5.74) is 0.979. The molecule has 3 nitrogen and oxygen atoms in total. The maximum absolute atomic E-state index is 13.3. The normalized spacial score (nSPS) is 12.8. The van der Waals surface area contributed by atoms with Crippen LogP contribution in [0.25, 0.3) is 10.8 Å². The van der Waals surface area contributed by atoms with Crippen molar-refractivity contribution in [1.82, 2.24) is 9.88 Å². The summed E-state index contributed by atoms with van der Waals surface area (Å²) in [6.07, 6.45) is 5.80. The smallest absolute Gasteiger partial charge is 0.123 e. The molecule has 0 spiro atoms. The van der Waals surface area contributed by atoms with E-state index in [0.717, 1.165) is 42.5 Å². The van der Waals surface area contributed by atoms with Gasteiger partial charge in [0.05, 0.1) is 11.9 Å². The van der Waals surface area contributed by atoms with Crippen molar-refractivity contribution in [2.24, 2.45) is 0 Å². The van der Waals surface area contributed by atoms with Crippen molar-refractivity contribution < 1.29 is 4.39 Å². The number of hydrogen-bond donors (Lipinski definition) is 1. The molecule has 0 bridgehead atoms. The molecule has 0 aliphatic rings. The standard InChI is InChI=1S/C18H26FN3/c1-4-22(5-2)10-6-7-14(3)21-18-13-20-12-15-11-16(19)8-9-17(15)18/h8-9,11-14,21H,4-7,10H2,1-3H3. The van der Waals surface area contributed by atoms with E-state index in [4.69, 9.17) is 0 Å². The highest BCUT2D eigenvalue weighted by molar-refractivity contribution is 5.92.